The van der Waals surface area contributed by atoms with Crippen LogP contribution >= 0.6 is 0 Å². The monoisotopic (exact) mass is 631 g/mol. The van der Waals surface area contributed by atoms with Crippen molar-refractivity contribution in [1.82, 2.24) is 5.32 Å². The number of esters is 1. The predicted molar refractivity (Wildman–Crippen MR) is 179 cm³/mol. The Morgan fingerprint density at radius 1 is 0.956 bits per heavy atom. The van der Waals surface area contributed by atoms with E-state index in [0.29, 0.717) is 31.8 Å². The minimum Gasteiger partial charge on any atom is -0.458 e. The molecule has 0 aromatic carbocycles. The van der Waals surface area contributed by atoms with Gasteiger partial charge >= 0.3 is 12.1 Å². The summed E-state index contributed by atoms with van der Waals surface area (Å²) in [6, 6.07) is 0. The number of hydrogen-bond donors (Lipinski definition) is 1. The molecule has 4 aliphatic carbocycles. The van der Waals surface area contributed by atoms with Crippen molar-refractivity contribution in [3.8, 4) is 0 Å². The minimum absolute atomic E-state index is 0.0561. The van der Waals surface area contributed by atoms with Crippen LogP contribution in [0.2, 0.25) is 0 Å². The lowest BCUT2D eigenvalue weighted by atomic mass is 9.47. The maximum absolute atomic E-state index is 12.6. The van der Waals surface area contributed by atoms with Crippen molar-refractivity contribution in [2.75, 3.05) is 33.0 Å². The van der Waals surface area contributed by atoms with E-state index in [1.54, 1.807) is 5.57 Å². The summed E-state index contributed by atoms with van der Waals surface area (Å²) in [5.74, 6) is 4.60. The lowest BCUT2D eigenvalue weighted by Crippen LogP contribution is -2.51. The van der Waals surface area contributed by atoms with Gasteiger partial charge in [-0.05, 0) is 112 Å². The molecule has 3 fully saturated rings. The molecule has 1 N–H and O–H groups in total. The molecule has 0 aliphatic heterocycles. The lowest BCUT2D eigenvalue weighted by Gasteiger charge is -2.58. The summed E-state index contributed by atoms with van der Waals surface area (Å²) in [6.45, 7) is 19.2. The number of ether oxygens (including phenoxy) is 4. The van der Waals surface area contributed by atoms with Crippen molar-refractivity contribution >= 4 is 12.1 Å². The quantitative estimate of drug-likeness (QED) is 0.118. The van der Waals surface area contributed by atoms with Crippen LogP contribution < -0.4 is 5.32 Å². The number of amides is 1. The Hall–Kier alpha value is -1.60. The van der Waals surface area contributed by atoms with Crippen molar-refractivity contribution in [3.63, 3.8) is 0 Å². The van der Waals surface area contributed by atoms with Gasteiger partial charge in [0.15, 0.2) is 0 Å². The third-order valence-corrected chi connectivity index (χ3v) is 12.1. The molecule has 0 aromatic rings. The molecule has 0 bridgehead atoms. The van der Waals surface area contributed by atoms with Crippen molar-refractivity contribution in [2.24, 2.45) is 46.3 Å². The van der Waals surface area contributed by atoms with E-state index in [9.17, 15) is 9.59 Å². The van der Waals surface area contributed by atoms with E-state index in [0.717, 1.165) is 54.8 Å². The van der Waals surface area contributed by atoms with Gasteiger partial charge in [-0.3, -0.25) is 0 Å². The SMILES string of the molecule is CC(C)CCC[C@@H](C)[C@H]1CC[C@H]2[C@@H]3CC=C4C[C@@H](OC(=O)NCCOCCOCC(=O)OC(C)(C)C)CC[C@]4(C)[C@H]3CC[C@]12C. The fourth-order valence-electron chi connectivity index (χ4n) is 9.92. The van der Waals surface area contributed by atoms with Crippen LogP contribution in [0.4, 0.5) is 4.79 Å². The number of allylic oxidation sites excluding steroid dienone is 1. The normalized spacial score (nSPS) is 33.4. The molecule has 4 rings (SSSR count). The highest BCUT2D eigenvalue weighted by molar-refractivity contribution is 5.71. The highest BCUT2D eigenvalue weighted by atomic mass is 16.6. The average molecular weight is 632 g/mol. The average Bonchev–Trinajstić information content (AvgIpc) is 3.31. The molecule has 1 amide bonds. The topological polar surface area (TPSA) is 83.1 Å². The summed E-state index contributed by atoms with van der Waals surface area (Å²) in [7, 11) is 0. The Morgan fingerprint density at radius 3 is 2.44 bits per heavy atom. The minimum atomic E-state index is -0.520. The number of rotatable bonds is 14. The first-order valence-electron chi connectivity index (χ1n) is 18.2. The molecule has 7 heteroatoms. The van der Waals surface area contributed by atoms with E-state index in [-0.39, 0.29) is 30.2 Å². The van der Waals surface area contributed by atoms with E-state index >= 15 is 0 Å². The van der Waals surface area contributed by atoms with E-state index in [4.69, 9.17) is 18.9 Å². The summed E-state index contributed by atoms with van der Waals surface area (Å²) in [5, 5.41) is 2.83. The number of carbonyl (C=O) groups is 2. The summed E-state index contributed by atoms with van der Waals surface area (Å²) >= 11 is 0. The summed E-state index contributed by atoms with van der Waals surface area (Å²) in [6.07, 6.45) is 16.0. The van der Waals surface area contributed by atoms with Crippen LogP contribution in [0.1, 0.15) is 126 Å². The molecular weight excluding hydrogens is 566 g/mol. The zero-order valence-electron chi connectivity index (χ0n) is 29.9. The second-order valence-corrected chi connectivity index (χ2v) is 16.7. The lowest BCUT2D eigenvalue weighted by molar-refractivity contribution is -0.160. The fourth-order valence-corrected chi connectivity index (χ4v) is 9.92. The molecule has 258 valence electrons. The van der Waals surface area contributed by atoms with Gasteiger partial charge in [0, 0.05) is 13.0 Å². The van der Waals surface area contributed by atoms with Gasteiger partial charge in [0.1, 0.15) is 18.3 Å². The highest BCUT2D eigenvalue weighted by Gasteiger charge is 2.59. The van der Waals surface area contributed by atoms with Gasteiger partial charge in [-0.25, -0.2) is 9.59 Å². The van der Waals surface area contributed by atoms with Gasteiger partial charge in [0.25, 0.3) is 0 Å². The van der Waals surface area contributed by atoms with Gasteiger partial charge in [0.05, 0.1) is 19.8 Å². The number of nitrogens with one attached hydrogen (secondary N) is 1. The number of alkyl carbamates (subject to hydrolysis) is 1. The molecule has 0 saturated heterocycles. The molecule has 8 atom stereocenters. The van der Waals surface area contributed by atoms with Gasteiger partial charge < -0.3 is 24.3 Å². The summed E-state index contributed by atoms with van der Waals surface area (Å²) in [4.78, 5) is 24.2. The molecule has 0 aromatic heterocycles. The van der Waals surface area contributed by atoms with E-state index < -0.39 is 5.60 Å². The largest absolute Gasteiger partial charge is 0.458 e. The number of carbonyl (C=O) groups excluding carboxylic acids is 2. The van der Waals surface area contributed by atoms with E-state index in [2.05, 4.69) is 46.0 Å². The molecule has 3 saturated carbocycles. The first kappa shape index (κ1) is 36.2. The first-order chi connectivity index (χ1) is 21.2. The Kier molecular flexibility index (Phi) is 12.5. The van der Waals surface area contributed by atoms with Crippen LogP contribution in [-0.4, -0.2) is 56.7 Å². The standard InChI is InChI=1S/C38H65NO6/c1-26(2)10-9-11-27(3)31-14-15-32-30-13-12-28-24-29(16-18-37(28,7)33(30)17-19-38(31,32)8)44-35(41)39-20-21-42-22-23-43-25-34(40)45-36(4,5)6/h12,26-27,29-33H,9-11,13-25H2,1-8H3,(H,39,41)/t27-,29+,30+,31-,32+,33+,37+,38-/m1/s1. The van der Waals surface area contributed by atoms with Crippen molar-refractivity contribution in [3.05, 3.63) is 11.6 Å². The molecule has 0 radical (unpaired) electrons. The second kappa shape index (κ2) is 15.5. The third kappa shape index (κ3) is 9.27. The van der Waals surface area contributed by atoms with Crippen molar-refractivity contribution in [1.29, 1.82) is 0 Å². The Labute approximate surface area is 274 Å². The molecule has 4 aliphatic rings. The zero-order valence-corrected chi connectivity index (χ0v) is 29.9. The fraction of sp³-hybridized carbons (Fsp3) is 0.895. The van der Waals surface area contributed by atoms with Gasteiger partial charge in [-0.1, -0.05) is 65.5 Å². The van der Waals surface area contributed by atoms with Gasteiger partial charge in [-0.15, -0.1) is 0 Å². The van der Waals surface area contributed by atoms with Crippen LogP contribution in [0.5, 0.6) is 0 Å². The molecule has 0 unspecified atom stereocenters. The van der Waals surface area contributed by atoms with Crippen LogP contribution in [0, 0.1) is 46.3 Å². The smallest absolute Gasteiger partial charge is 0.407 e. The predicted octanol–water partition coefficient (Wildman–Crippen LogP) is 8.50. The van der Waals surface area contributed by atoms with Crippen molar-refractivity contribution in [2.45, 2.75) is 138 Å². The second-order valence-electron chi connectivity index (χ2n) is 16.7. The van der Waals surface area contributed by atoms with Crippen LogP contribution in [0.3, 0.4) is 0 Å². The van der Waals surface area contributed by atoms with E-state index in [1.807, 2.05) is 20.8 Å². The maximum atomic E-state index is 12.6. The van der Waals surface area contributed by atoms with Crippen LogP contribution in [-0.2, 0) is 23.7 Å². The van der Waals surface area contributed by atoms with Crippen molar-refractivity contribution < 1.29 is 28.5 Å². The molecule has 0 spiro atoms. The Bertz CT molecular complexity index is 1020. The summed E-state index contributed by atoms with van der Waals surface area (Å²) < 4.78 is 21.9. The molecule has 7 nitrogen and oxygen atoms in total. The van der Waals surface area contributed by atoms with E-state index in [1.165, 1.54) is 51.4 Å². The molecule has 45 heavy (non-hydrogen) atoms. The number of fused-ring (bicyclic) bond motifs is 5. The highest BCUT2D eigenvalue weighted by Crippen LogP contribution is 2.67. The van der Waals surface area contributed by atoms with Crippen LogP contribution in [0.15, 0.2) is 11.6 Å². The Morgan fingerprint density at radius 2 is 1.71 bits per heavy atom. The molecular formula is C38H65NO6. The van der Waals surface area contributed by atoms with Gasteiger partial charge in [0.2, 0.25) is 0 Å². The maximum Gasteiger partial charge on any atom is 0.407 e. The van der Waals surface area contributed by atoms with Crippen LogP contribution in [0.25, 0.3) is 0 Å². The molecule has 0 heterocycles. The van der Waals surface area contributed by atoms with Gasteiger partial charge in [-0.2, -0.15) is 0 Å². The zero-order chi connectivity index (χ0) is 32.8. The first-order valence-corrected chi connectivity index (χ1v) is 18.2. The number of hydrogen-bond acceptors (Lipinski definition) is 6. The summed E-state index contributed by atoms with van der Waals surface area (Å²) in [5.41, 5.74) is 1.78. The third-order valence-electron chi connectivity index (χ3n) is 12.1. The Balaban J connectivity index is 1.18.